The third-order valence-corrected chi connectivity index (χ3v) is 4.69. The molecule has 1 heterocycles. The van der Waals surface area contributed by atoms with Crippen molar-refractivity contribution in [3.63, 3.8) is 0 Å². The fourth-order valence-electron chi connectivity index (χ4n) is 2.77. The first-order valence-electron chi connectivity index (χ1n) is 6.77. The van der Waals surface area contributed by atoms with Crippen LogP contribution in [0, 0.1) is 17.8 Å². The molecule has 5 nitrogen and oxygen atoms in total. The van der Waals surface area contributed by atoms with Crippen molar-refractivity contribution in [1.82, 2.24) is 4.98 Å². The Morgan fingerprint density at radius 2 is 2.14 bits per heavy atom. The summed E-state index contributed by atoms with van der Waals surface area (Å²) in [7, 11) is 0. The molecule has 114 valence electrons. The second-order valence-corrected chi connectivity index (χ2v) is 6.55. The third kappa shape index (κ3) is 3.74. The molecule has 1 aromatic rings. The fourth-order valence-corrected chi connectivity index (χ4v) is 3.26. The molecule has 1 amide bonds. The van der Waals surface area contributed by atoms with Crippen LogP contribution in [0.4, 0.5) is 5.69 Å². The largest absolute Gasteiger partial charge is 0.481 e. The van der Waals surface area contributed by atoms with E-state index in [0.29, 0.717) is 23.0 Å². The van der Waals surface area contributed by atoms with Gasteiger partial charge in [0.25, 0.3) is 0 Å². The van der Waals surface area contributed by atoms with Crippen LogP contribution in [0.5, 0.6) is 0 Å². The Morgan fingerprint density at radius 1 is 1.48 bits per heavy atom. The molecule has 1 aliphatic carbocycles. The number of amides is 1. The van der Waals surface area contributed by atoms with Crippen molar-refractivity contribution in [1.29, 1.82) is 0 Å². The number of aromatic nitrogens is 1. The molecule has 3 atom stereocenters. The summed E-state index contributed by atoms with van der Waals surface area (Å²) in [6, 6.07) is 1.65. The summed E-state index contributed by atoms with van der Waals surface area (Å²) in [6.45, 7) is 2.01. The number of nitrogens with one attached hydrogen (secondary N) is 1. The van der Waals surface area contributed by atoms with Gasteiger partial charge in [0.15, 0.2) is 5.15 Å². The molecule has 0 aliphatic heterocycles. The Hall–Kier alpha value is -1.14. The predicted octanol–water partition coefficient (Wildman–Crippen LogP) is 3.57. The van der Waals surface area contributed by atoms with E-state index in [4.69, 9.17) is 11.6 Å². The molecule has 0 aromatic carbocycles. The lowest BCUT2D eigenvalue weighted by atomic mass is 9.95. The monoisotopic (exact) mass is 374 g/mol. The van der Waals surface area contributed by atoms with Gasteiger partial charge in [-0.25, -0.2) is 4.98 Å². The minimum Gasteiger partial charge on any atom is -0.481 e. The molecule has 1 aliphatic rings. The van der Waals surface area contributed by atoms with Crippen molar-refractivity contribution in [2.45, 2.75) is 26.2 Å². The van der Waals surface area contributed by atoms with Gasteiger partial charge in [0.05, 0.1) is 17.5 Å². The highest BCUT2D eigenvalue weighted by atomic mass is 79.9. The molecule has 0 spiro atoms. The third-order valence-electron chi connectivity index (χ3n) is 3.96. The molecule has 0 radical (unpaired) electrons. The Balaban J connectivity index is 2.15. The molecular weight excluding hydrogens is 360 g/mol. The number of carbonyl (C=O) groups excluding carboxylic acids is 1. The number of carboxylic acid groups (broad SMARTS) is 1. The highest BCUT2D eigenvalue weighted by Crippen LogP contribution is 2.39. The van der Waals surface area contributed by atoms with E-state index in [9.17, 15) is 14.7 Å². The first-order valence-corrected chi connectivity index (χ1v) is 7.94. The smallest absolute Gasteiger partial charge is 0.307 e. The molecular formula is C14H16BrClN2O3. The van der Waals surface area contributed by atoms with Crippen LogP contribution in [0.2, 0.25) is 5.15 Å². The maximum absolute atomic E-state index is 12.4. The van der Waals surface area contributed by atoms with Gasteiger partial charge < -0.3 is 10.4 Å². The maximum Gasteiger partial charge on any atom is 0.307 e. The van der Waals surface area contributed by atoms with Gasteiger partial charge in [-0.05, 0) is 40.8 Å². The lowest BCUT2D eigenvalue weighted by Crippen LogP contribution is -2.30. The number of carboxylic acids is 1. The lowest BCUT2D eigenvalue weighted by Gasteiger charge is -2.16. The van der Waals surface area contributed by atoms with E-state index in [1.165, 1.54) is 6.20 Å². The van der Waals surface area contributed by atoms with Crippen molar-refractivity contribution in [2.75, 3.05) is 5.32 Å². The van der Waals surface area contributed by atoms with Crippen LogP contribution >= 0.6 is 27.5 Å². The Labute approximate surface area is 136 Å². The summed E-state index contributed by atoms with van der Waals surface area (Å²) in [5.74, 6) is -2.10. The van der Waals surface area contributed by atoms with Gasteiger partial charge in [-0.1, -0.05) is 24.9 Å². The zero-order chi connectivity index (χ0) is 15.6. The molecule has 2 rings (SSSR count). The van der Waals surface area contributed by atoms with Gasteiger partial charge in [0, 0.05) is 10.7 Å². The second kappa shape index (κ2) is 6.75. The average molecular weight is 376 g/mol. The number of carbonyl (C=O) groups is 2. The SMILES string of the molecule is CCC1CC(C(=O)O)C(C(=O)Nc2cc(Br)cnc2Cl)C1. The van der Waals surface area contributed by atoms with Gasteiger partial charge >= 0.3 is 5.97 Å². The van der Waals surface area contributed by atoms with Gasteiger partial charge in [0.2, 0.25) is 5.91 Å². The number of hydrogen-bond donors (Lipinski definition) is 2. The topological polar surface area (TPSA) is 79.3 Å². The van der Waals surface area contributed by atoms with Gasteiger partial charge in [0.1, 0.15) is 0 Å². The van der Waals surface area contributed by atoms with Crippen LogP contribution in [0.15, 0.2) is 16.7 Å². The summed E-state index contributed by atoms with van der Waals surface area (Å²) < 4.78 is 0.690. The van der Waals surface area contributed by atoms with Crippen LogP contribution in [0.3, 0.4) is 0 Å². The zero-order valence-electron chi connectivity index (χ0n) is 11.5. The van der Waals surface area contributed by atoms with Crippen LogP contribution < -0.4 is 5.32 Å². The van der Waals surface area contributed by atoms with Crippen molar-refractivity contribution < 1.29 is 14.7 Å². The van der Waals surface area contributed by atoms with Crippen LogP contribution in [0.1, 0.15) is 26.2 Å². The van der Waals surface area contributed by atoms with E-state index in [2.05, 4.69) is 26.2 Å². The maximum atomic E-state index is 12.4. The summed E-state index contributed by atoms with van der Waals surface area (Å²) in [5, 5.41) is 12.2. The summed E-state index contributed by atoms with van der Waals surface area (Å²) in [6.07, 6.45) is 3.56. The highest BCUT2D eigenvalue weighted by molar-refractivity contribution is 9.10. The summed E-state index contributed by atoms with van der Waals surface area (Å²) in [4.78, 5) is 27.6. The average Bonchev–Trinajstić information content (AvgIpc) is 2.87. The molecule has 3 unspecified atom stereocenters. The number of halogens is 2. The molecule has 2 N–H and O–H groups in total. The van der Waals surface area contributed by atoms with Crippen molar-refractivity contribution >= 4 is 45.1 Å². The minimum atomic E-state index is -0.912. The molecule has 1 saturated carbocycles. The summed E-state index contributed by atoms with van der Waals surface area (Å²) in [5.41, 5.74) is 0.389. The minimum absolute atomic E-state index is 0.184. The number of nitrogens with zero attached hydrogens (tertiary/aromatic N) is 1. The lowest BCUT2D eigenvalue weighted by molar-refractivity contribution is -0.145. The normalized spacial score (nSPS) is 24.8. The van der Waals surface area contributed by atoms with E-state index < -0.39 is 17.8 Å². The molecule has 1 fully saturated rings. The van der Waals surface area contributed by atoms with E-state index in [0.717, 1.165) is 6.42 Å². The van der Waals surface area contributed by atoms with Crippen molar-refractivity contribution in [2.24, 2.45) is 17.8 Å². The first kappa shape index (κ1) is 16.2. The standard InChI is InChI=1S/C14H16BrClN2O3/c1-2-7-3-9(10(4-7)14(20)21)13(19)18-11-5-8(15)6-17-12(11)16/h5-7,9-10H,2-4H2,1H3,(H,18,19)(H,20,21). The summed E-state index contributed by atoms with van der Waals surface area (Å²) >= 11 is 9.20. The van der Waals surface area contributed by atoms with Crippen LogP contribution in [0.25, 0.3) is 0 Å². The molecule has 0 bridgehead atoms. The zero-order valence-corrected chi connectivity index (χ0v) is 13.8. The molecule has 1 aromatic heterocycles. The van der Waals surface area contributed by atoms with Crippen molar-refractivity contribution in [3.8, 4) is 0 Å². The number of pyridine rings is 1. The van der Waals surface area contributed by atoms with E-state index in [1.807, 2.05) is 6.92 Å². The predicted molar refractivity (Wildman–Crippen MR) is 83.2 cm³/mol. The number of anilines is 1. The molecule has 21 heavy (non-hydrogen) atoms. The van der Waals surface area contributed by atoms with E-state index in [-0.39, 0.29) is 17.0 Å². The Kier molecular flexibility index (Phi) is 5.22. The molecule has 0 saturated heterocycles. The quantitative estimate of drug-likeness (QED) is 0.788. The van der Waals surface area contributed by atoms with Gasteiger partial charge in [-0.15, -0.1) is 0 Å². The number of aliphatic carboxylic acids is 1. The van der Waals surface area contributed by atoms with Crippen LogP contribution in [-0.2, 0) is 9.59 Å². The van der Waals surface area contributed by atoms with Crippen LogP contribution in [-0.4, -0.2) is 22.0 Å². The Morgan fingerprint density at radius 3 is 2.76 bits per heavy atom. The van der Waals surface area contributed by atoms with Gasteiger partial charge in [-0.3, -0.25) is 9.59 Å². The van der Waals surface area contributed by atoms with Gasteiger partial charge in [-0.2, -0.15) is 0 Å². The Bertz CT molecular complexity index is 567. The molecule has 7 heteroatoms. The van der Waals surface area contributed by atoms with E-state index >= 15 is 0 Å². The van der Waals surface area contributed by atoms with Crippen molar-refractivity contribution in [3.05, 3.63) is 21.9 Å². The number of rotatable bonds is 4. The highest BCUT2D eigenvalue weighted by Gasteiger charge is 2.42. The van der Waals surface area contributed by atoms with E-state index in [1.54, 1.807) is 6.07 Å². The second-order valence-electron chi connectivity index (χ2n) is 5.28. The first-order chi connectivity index (χ1) is 9.92. The number of hydrogen-bond acceptors (Lipinski definition) is 3. The fraction of sp³-hybridized carbons (Fsp3) is 0.500.